The Morgan fingerprint density at radius 1 is 1.16 bits per heavy atom. The van der Waals surface area contributed by atoms with E-state index in [-0.39, 0.29) is 21.9 Å². The lowest BCUT2D eigenvalue weighted by Crippen LogP contribution is -2.40. The molecule has 1 aromatic heterocycles. The Labute approximate surface area is 144 Å². The molecule has 0 fully saturated rings. The number of nitrogens with one attached hydrogen (secondary N) is 2. The van der Waals surface area contributed by atoms with Crippen LogP contribution in [-0.2, 0) is 10.0 Å². The number of sulfonamides is 1. The summed E-state index contributed by atoms with van der Waals surface area (Å²) in [5.41, 5.74) is -0.578. The number of benzene rings is 1. The highest BCUT2D eigenvalue weighted by atomic mass is 32.2. The van der Waals surface area contributed by atoms with E-state index in [1.54, 1.807) is 20.8 Å². The zero-order valence-electron chi connectivity index (χ0n) is 13.9. The molecule has 1 aromatic carbocycles. The van der Waals surface area contributed by atoms with E-state index in [0.717, 1.165) is 12.3 Å². The van der Waals surface area contributed by atoms with Crippen LogP contribution in [0, 0.1) is 0 Å². The van der Waals surface area contributed by atoms with Gasteiger partial charge in [-0.15, -0.1) is 0 Å². The first kappa shape index (κ1) is 18.7. The van der Waals surface area contributed by atoms with Crippen molar-refractivity contribution in [1.82, 2.24) is 4.72 Å². The largest absolute Gasteiger partial charge is 0.478 e. The van der Waals surface area contributed by atoms with Gasteiger partial charge in [0.2, 0.25) is 10.0 Å². The van der Waals surface area contributed by atoms with Gasteiger partial charge in [-0.25, -0.2) is 17.9 Å². The maximum Gasteiger partial charge on any atom is 0.338 e. The summed E-state index contributed by atoms with van der Waals surface area (Å²) in [6.45, 7) is 5.15. The lowest BCUT2D eigenvalue weighted by atomic mass is 10.1. The van der Waals surface area contributed by atoms with E-state index in [9.17, 15) is 18.0 Å². The third-order valence-electron chi connectivity index (χ3n) is 2.91. The number of amides is 1. The van der Waals surface area contributed by atoms with Gasteiger partial charge in [-0.1, -0.05) is 6.07 Å². The fourth-order valence-electron chi connectivity index (χ4n) is 1.96. The standard InChI is InChI=1S/C16H18N2O6S/c1-16(2,3)18-25(22,23)12-6-4-5-11(8-12)17-14(19)13-7-10(9-24-13)15(20)21/h4-9,18H,1-3H3,(H,17,19)(H,20,21). The number of rotatable bonds is 5. The number of anilines is 1. The van der Waals surface area contributed by atoms with Gasteiger partial charge in [0.05, 0.1) is 10.5 Å². The first-order chi connectivity index (χ1) is 11.5. The molecule has 9 heteroatoms. The van der Waals surface area contributed by atoms with Crippen LogP contribution in [0.5, 0.6) is 0 Å². The van der Waals surface area contributed by atoms with Crippen molar-refractivity contribution in [1.29, 1.82) is 0 Å². The summed E-state index contributed by atoms with van der Waals surface area (Å²) in [6.07, 6.45) is 0.950. The van der Waals surface area contributed by atoms with Gasteiger partial charge in [-0.2, -0.15) is 0 Å². The molecular weight excluding hydrogens is 348 g/mol. The summed E-state index contributed by atoms with van der Waals surface area (Å²) in [5, 5.41) is 11.3. The van der Waals surface area contributed by atoms with E-state index in [1.807, 2.05) is 0 Å². The van der Waals surface area contributed by atoms with Crippen molar-refractivity contribution in [3.63, 3.8) is 0 Å². The second-order valence-electron chi connectivity index (χ2n) is 6.34. The molecule has 0 unspecified atom stereocenters. The first-order valence-corrected chi connectivity index (χ1v) is 8.73. The predicted molar refractivity (Wildman–Crippen MR) is 90.1 cm³/mol. The molecule has 0 radical (unpaired) electrons. The van der Waals surface area contributed by atoms with Crippen LogP contribution >= 0.6 is 0 Å². The zero-order valence-corrected chi connectivity index (χ0v) is 14.7. The number of hydrogen-bond acceptors (Lipinski definition) is 5. The maximum atomic E-state index is 12.3. The van der Waals surface area contributed by atoms with Gasteiger partial charge >= 0.3 is 5.97 Å². The Morgan fingerprint density at radius 2 is 1.84 bits per heavy atom. The number of carbonyl (C=O) groups is 2. The summed E-state index contributed by atoms with van der Waals surface area (Å²) in [4.78, 5) is 22.9. The molecule has 0 saturated heterocycles. The third-order valence-corrected chi connectivity index (χ3v) is 4.67. The smallest absolute Gasteiger partial charge is 0.338 e. The fourth-order valence-corrected chi connectivity index (χ4v) is 3.43. The number of carbonyl (C=O) groups excluding carboxylic acids is 1. The van der Waals surface area contributed by atoms with Crippen LogP contribution in [0.3, 0.4) is 0 Å². The highest BCUT2D eigenvalue weighted by Gasteiger charge is 2.22. The molecule has 2 rings (SSSR count). The van der Waals surface area contributed by atoms with Crippen LogP contribution in [0.1, 0.15) is 41.7 Å². The minimum atomic E-state index is -3.75. The third kappa shape index (κ3) is 4.91. The normalized spacial score (nSPS) is 12.0. The Hall–Kier alpha value is -2.65. The number of furan rings is 1. The summed E-state index contributed by atoms with van der Waals surface area (Å²) >= 11 is 0. The van der Waals surface area contributed by atoms with Crippen LogP contribution < -0.4 is 10.0 Å². The Balaban J connectivity index is 2.21. The Kier molecular flexibility index (Phi) is 5.00. The molecule has 0 saturated carbocycles. The highest BCUT2D eigenvalue weighted by molar-refractivity contribution is 7.89. The molecule has 0 spiro atoms. The second kappa shape index (κ2) is 6.69. The second-order valence-corrected chi connectivity index (χ2v) is 8.02. The number of carboxylic acids is 1. The fraction of sp³-hybridized carbons (Fsp3) is 0.250. The molecule has 134 valence electrons. The molecule has 3 N–H and O–H groups in total. The molecule has 0 aliphatic rings. The van der Waals surface area contributed by atoms with Gasteiger partial charge in [-0.05, 0) is 39.0 Å². The molecule has 25 heavy (non-hydrogen) atoms. The van der Waals surface area contributed by atoms with E-state index in [0.29, 0.717) is 0 Å². The predicted octanol–water partition coefficient (Wildman–Crippen LogP) is 2.31. The van der Waals surface area contributed by atoms with Crippen molar-refractivity contribution in [3.05, 3.63) is 47.9 Å². The monoisotopic (exact) mass is 366 g/mol. The lowest BCUT2D eigenvalue weighted by molar-refractivity contribution is 0.0696. The van der Waals surface area contributed by atoms with Crippen LogP contribution in [0.4, 0.5) is 5.69 Å². The quantitative estimate of drug-likeness (QED) is 0.745. The van der Waals surface area contributed by atoms with Gasteiger partial charge < -0.3 is 14.8 Å². The molecule has 2 aromatic rings. The van der Waals surface area contributed by atoms with Gasteiger partial charge in [0.15, 0.2) is 5.76 Å². The summed E-state index contributed by atoms with van der Waals surface area (Å²) in [5.74, 6) is -2.10. The van der Waals surface area contributed by atoms with Crippen LogP contribution in [0.25, 0.3) is 0 Å². The van der Waals surface area contributed by atoms with E-state index >= 15 is 0 Å². The summed E-state index contributed by atoms with van der Waals surface area (Å²) in [6, 6.07) is 6.78. The minimum absolute atomic E-state index is 0.00843. The molecule has 1 amide bonds. The highest BCUT2D eigenvalue weighted by Crippen LogP contribution is 2.18. The van der Waals surface area contributed by atoms with Crippen molar-refractivity contribution in [2.75, 3.05) is 5.32 Å². The van der Waals surface area contributed by atoms with Gasteiger partial charge in [0.1, 0.15) is 6.26 Å². The first-order valence-electron chi connectivity index (χ1n) is 7.25. The number of carboxylic acid groups (broad SMARTS) is 1. The SMILES string of the molecule is CC(C)(C)NS(=O)(=O)c1cccc(NC(=O)c2cc(C(=O)O)co2)c1. The summed E-state index contributed by atoms with van der Waals surface area (Å²) < 4.78 is 32.1. The topological polar surface area (TPSA) is 126 Å². The van der Waals surface area contributed by atoms with E-state index in [4.69, 9.17) is 9.52 Å². The zero-order chi connectivity index (χ0) is 18.8. The lowest BCUT2D eigenvalue weighted by Gasteiger charge is -2.20. The van der Waals surface area contributed by atoms with Crippen LogP contribution in [0.15, 0.2) is 45.9 Å². The van der Waals surface area contributed by atoms with Crippen molar-refractivity contribution in [3.8, 4) is 0 Å². The van der Waals surface area contributed by atoms with Gasteiger partial charge in [0.25, 0.3) is 5.91 Å². The maximum absolute atomic E-state index is 12.3. The van der Waals surface area contributed by atoms with Crippen molar-refractivity contribution in [2.24, 2.45) is 0 Å². The average molecular weight is 366 g/mol. The van der Waals surface area contributed by atoms with Crippen LogP contribution in [-0.4, -0.2) is 30.9 Å². The molecule has 0 bridgehead atoms. The van der Waals surface area contributed by atoms with Crippen molar-refractivity contribution in [2.45, 2.75) is 31.2 Å². The van der Waals surface area contributed by atoms with Crippen molar-refractivity contribution < 1.29 is 27.5 Å². The summed E-state index contributed by atoms with van der Waals surface area (Å²) in [7, 11) is -3.75. The van der Waals surface area contributed by atoms with Gasteiger partial charge in [-0.3, -0.25) is 4.79 Å². The van der Waals surface area contributed by atoms with E-state index < -0.39 is 27.4 Å². The number of hydrogen-bond donors (Lipinski definition) is 3. The van der Waals surface area contributed by atoms with Crippen molar-refractivity contribution >= 4 is 27.6 Å². The van der Waals surface area contributed by atoms with E-state index in [2.05, 4.69) is 10.0 Å². The van der Waals surface area contributed by atoms with E-state index in [1.165, 1.54) is 24.3 Å². The number of aromatic carboxylic acids is 1. The average Bonchev–Trinajstić information content (AvgIpc) is 2.95. The van der Waals surface area contributed by atoms with Gasteiger partial charge in [0, 0.05) is 17.3 Å². The Bertz CT molecular complexity index is 909. The molecular formula is C16H18N2O6S. The minimum Gasteiger partial charge on any atom is -0.478 e. The molecule has 0 atom stereocenters. The Morgan fingerprint density at radius 3 is 2.40 bits per heavy atom. The molecule has 1 heterocycles. The molecule has 0 aliphatic carbocycles. The molecule has 8 nitrogen and oxygen atoms in total. The van der Waals surface area contributed by atoms with Crippen LogP contribution in [0.2, 0.25) is 0 Å². The molecule has 0 aliphatic heterocycles.